The minimum absolute atomic E-state index is 0.0144. The monoisotopic (exact) mass is 470 g/mol. The fraction of sp³-hybridized carbons (Fsp3) is 0.241. The summed E-state index contributed by atoms with van der Waals surface area (Å²) in [7, 11) is 0. The molecule has 0 fully saturated rings. The maximum Gasteiger partial charge on any atom is 0.224 e. The predicted molar refractivity (Wildman–Crippen MR) is 141 cm³/mol. The molecular formula is C29H30N2O2S. The number of carbonyl (C=O) groups is 1. The molecule has 3 aromatic carbocycles. The van der Waals surface area contributed by atoms with Crippen molar-refractivity contribution >= 4 is 22.9 Å². The zero-order chi connectivity index (χ0) is 24.0. The van der Waals surface area contributed by atoms with Crippen molar-refractivity contribution in [3.05, 3.63) is 89.8 Å². The van der Waals surface area contributed by atoms with E-state index < -0.39 is 0 Å². The fourth-order valence-electron chi connectivity index (χ4n) is 3.54. The number of carbonyl (C=O) groups excluding carboxylic acids is 1. The Morgan fingerprint density at radius 2 is 1.62 bits per heavy atom. The molecular weight excluding hydrogens is 440 g/mol. The number of nitrogens with zero attached hydrogens (tertiary/aromatic N) is 1. The quantitative estimate of drug-likeness (QED) is 0.270. The van der Waals surface area contributed by atoms with E-state index in [0.717, 1.165) is 33.3 Å². The van der Waals surface area contributed by atoms with E-state index >= 15 is 0 Å². The molecule has 0 aliphatic heterocycles. The molecule has 0 saturated heterocycles. The van der Waals surface area contributed by atoms with E-state index in [1.165, 1.54) is 5.56 Å². The highest BCUT2D eigenvalue weighted by atomic mass is 32.1. The maximum absolute atomic E-state index is 12.3. The summed E-state index contributed by atoms with van der Waals surface area (Å²) in [5.41, 5.74) is 5.27. The standard InChI is InChI=1S/C29H30N2O2S/c1-29(2,3)23-13-17-25(18-14-23)33-19-7-10-27(32)30-24-15-11-21(12-16-24)26-20-34-28(31-26)22-8-5-4-6-9-22/h4-6,8-9,11-18,20H,7,10,19H2,1-3H3,(H,30,32). The van der Waals surface area contributed by atoms with E-state index in [0.29, 0.717) is 19.4 Å². The van der Waals surface area contributed by atoms with Gasteiger partial charge in [-0.3, -0.25) is 4.79 Å². The van der Waals surface area contributed by atoms with Gasteiger partial charge in [0, 0.05) is 28.6 Å². The molecule has 0 radical (unpaired) electrons. The highest BCUT2D eigenvalue weighted by molar-refractivity contribution is 7.13. The molecule has 0 bridgehead atoms. The van der Waals surface area contributed by atoms with Gasteiger partial charge in [0.15, 0.2) is 0 Å². The van der Waals surface area contributed by atoms with Crippen LogP contribution in [-0.2, 0) is 10.2 Å². The number of ether oxygens (including phenoxy) is 1. The molecule has 0 aliphatic carbocycles. The van der Waals surface area contributed by atoms with Gasteiger partial charge in [0.25, 0.3) is 0 Å². The summed E-state index contributed by atoms with van der Waals surface area (Å²) >= 11 is 1.63. The van der Waals surface area contributed by atoms with Gasteiger partial charge in [-0.15, -0.1) is 11.3 Å². The van der Waals surface area contributed by atoms with Gasteiger partial charge in [0.05, 0.1) is 12.3 Å². The van der Waals surface area contributed by atoms with Gasteiger partial charge >= 0.3 is 0 Å². The minimum atomic E-state index is -0.0144. The number of benzene rings is 3. The van der Waals surface area contributed by atoms with Gasteiger partial charge in [0.1, 0.15) is 10.8 Å². The second-order valence-electron chi connectivity index (χ2n) is 9.26. The van der Waals surface area contributed by atoms with Crippen LogP contribution < -0.4 is 10.1 Å². The number of hydrogen-bond acceptors (Lipinski definition) is 4. The van der Waals surface area contributed by atoms with Crippen molar-refractivity contribution in [3.8, 4) is 27.6 Å². The average molecular weight is 471 g/mol. The number of hydrogen-bond donors (Lipinski definition) is 1. The van der Waals surface area contributed by atoms with Crippen molar-refractivity contribution in [1.82, 2.24) is 4.98 Å². The zero-order valence-electron chi connectivity index (χ0n) is 19.9. The van der Waals surface area contributed by atoms with Crippen LogP contribution in [0, 0.1) is 0 Å². The molecule has 0 atom stereocenters. The van der Waals surface area contributed by atoms with Crippen LogP contribution in [-0.4, -0.2) is 17.5 Å². The number of amides is 1. The third-order valence-corrected chi connectivity index (χ3v) is 6.42. The van der Waals surface area contributed by atoms with Crippen LogP contribution in [0.4, 0.5) is 5.69 Å². The Morgan fingerprint density at radius 1 is 0.912 bits per heavy atom. The Kier molecular flexibility index (Phi) is 7.43. The number of thiazole rings is 1. The summed E-state index contributed by atoms with van der Waals surface area (Å²) in [6.07, 6.45) is 1.07. The first-order chi connectivity index (χ1) is 16.4. The second-order valence-corrected chi connectivity index (χ2v) is 10.1. The summed E-state index contributed by atoms with van der Waals surface area (Å²) in [5, 5.41) is 6.02. The van der Waals surface area contributed by atoms with Crippen molar-refractivity contribution in [3.63, 3.8) is 0 Å². The van der Waals surface area contributed by atoms with E-state index in [2.05, 4.69) is 55.7 Å². The molecule has 34 heavy (non-hydrogen) atoms. The van der Waals surface area contributed by atoms with Crippen molar-refractivity contribution in [1.29, 1.82) is 0 Å². The average Bonchev–Trinajstić information content (AvgIpc) is 3.33. The molecule has 0 spiro atoms. The smallest absolute Gasteiger partial charge is 0.224 e. The molecule has 1 heterocycles. The normalized spacial score (nSPS) is 11.3. The van der Waals surface area contributed by atoms with Gasteiger partial charge in [-0.1, -0.05) is 75.4 Å². The highest BCUT2D eigenvalue weighted by Crippen LogP contribution is 2.29. The first-order valence-electron chi connectivity index (χ1n) is 11.5. The van der Waals surface area contributed by atoms with Crippen LogP contribution in [0.3, 0.4) is 0 Å². The van der Waals surface area contributed by atoms with E-state index in [4.69, 9.17) is 9.72 Å². The molecule has 1 aromatic heterocycles. The Labute approximate surface area is 205 Å². The Balaban J connectivity index is 1.23. The molecule has 1 amide bonds. The van der Waals surface area contributed by atoms with Gasteiger partial charge in [-0.05, 0) is 41.7 Å². The molecule has 174 valence electrons. The SMILES string of the molecule is CC(C)(C)c1ccc(OCCCC(=O)Nc2ccc(-c3csc(-c4ccccc4)n3)cc2)cc1. The lowest BCUT2D eigenvalue weighted by atomic mass is 9.87. The third-order valence-electron chi connectivity index (χ3n) is 5.53. The Hall–Kier alpha value is -3.44. The maximum atomic E-state index is 12.3. The Morgan fingerprint density at radius 3 is 2.29 bits per heavy atom. The van der Waals surface area contributed by atoms with E-state index in [1.54, 1.807) is 11.3 Å². The summed E-state index contributed by atoms with van der Waals surface area (Å²) in [6, 6.07) is 26.2. The number of anilines is 1. The molecule has 0 unspecified atom stereocenters. The molecule has 4 aromatic rings. The third kappa shape index (κ3) is 6.33. The fourth-order valence-corrected chi connectivity index (χ4v) is 4.38. The van der Waals surface area contributed by atoms with Crippen molar-refractivity contribution in [2.75, 3.05) is 11.9 Å². The van der Waals surface area contributed by atoms with Crippen LogP contribution in [0.5, 0.6) is 5.75 Å². The highest BCUT2D eigenvalue weighted by Gasteiger charge is 2.13. The lowest BCUT2D eigenvalue weighted by molar-refractivity contribution is -0.116. The molecule has 4 rings (SSSR count). The van der Waals surface area contributed by atoms with E-state index in [1.807, 2.05) is 54.6 Å². The number of aromatic nitrogens is 1. The van der Waals surface area contributed by atoms with Crippen LogP contribution in [0.15, 0.2) is 84.2 Å². The first kappa shape index (κ1) is 23.7. The van der Waals surface area contributed by atoms with E-state index in [9.17, 15) is 4.79 Å². The van der Waals surface area contributed by atoms with Gasteiger partial charge in [-0.2, -0.15) is 0 Å². The largest absolute Gasteiger partial charge is 0.494 e. The lowest BCUT2D eigenvalue weighted by Crippen LogP contribution is -2.13. The molecule has 5 heteroatoms. The van der Waals surface area contributed by atoms with Crippen molar-refractivity contribution < 1.29 is 9.53 Å². The van der Waals surface area contributed by atoms with Crippen LogP contribution >= 0.6 is 11.3 Å². The van der Waals surface area contributed by atoms with Crippen LogP contribution in [0.25, 0.3) is 21.8 Å². The second kappa shape index (κ2) is 10.7. The molecule has 0 saturated carbocycles. The number of nitrogens with one attached hydrogen (secondary N) is 1. The van der Waals surface area contributed by atoms with Crippen LogP contribution in [0.2, 0.25) is 0 Å². The van der Waals surface area contributed by atoms with Gasteiger partial charge in [-0.25, -0.2) is 4.98 Å². The van der Waals surface area contributed by atoms with Gasteiger partial charge < -0.3 is 10.1 Å². The van der Waals surface area contributed by atoms with Gasteiger partial charge in [0.2, 0.25) is 5.91 Å². The van der Waals surface area contributed by atoms with Crippen molar-refractivity contribution in [2.45, 2.75) is 39.0 Å². The molecule has 4 nitrogen and oxygen atoms in total. The molecule has 1 N–H and O–H groups in total. The minimum Gasteiger partial charge on any atom is -0.494 e. The van der Waals surface area contributed by atoms with Crippen molar-refractivity contribution in [2.24, 2.45) is 0 Å². The first-order valence-corrected chi connectivity index (χ1v) is 12.4. The van der Waals surface area contributed by atoms with E-state index in [-0.39, 0.29) is 11.3 Å². The number of rotatable bonds is 8. The Bertz CT molecular complexity index is 1210. The zero-order valence-corrected chi connectivity index (χ0v) is 20.7. The topological polar surface area (TPSA) is 51.2 Å². The summed E-state index contributed by atoms with van der Waals surface area (Å²) < 4.78 is 5.79. The lowest BCUT2D eigenvalue weighted by Gasteiger charge is -2.19. The predicted octanol–water partition coefficient (Wildman–Crippen LogP) is 7.57. The van der Waals surface area contributed by atoms with Crippen LogP contribution in [0.1, 0.15) is 39.2 Å². The summed E-state index contributed by atoms with van der Waals surface area (Å²) in [5.74, 6) is 0.820. The molecule has 0 aliphatic rings. The summed E-state index contributed by atoms with van der Waals surface area (Å²) in [4.78, 5) is 17.1. The summed E-state index contributed by atoms with van der Waals surface area (Å²) in [6.45, 7) is 7.08.